The Kier molecular flexibility index (Phi) is 5.32. The molecule has 0 heterocycles. The monoisotopic (exact) mass is 172 g/mol. The van der Waals surface area contributed by atoms with Gasteiger partial charge >= 0.3 is 0 Å². The number of carbonyl (C=O) groups excluding carboxylic acids is 1. The third kappa shape index (κ3) is 3.50. The zero-order valence-corrected chi connectivity index (χ0v) is 7.36. The summed E-state index contributed by atoms with van der Waals surface area (Å²) < 4.78 is 0. The average molecular weight is 172 g/mol. The lowest BCUT2D eigenvalue weighted by Crippen LogP contribution is -2.44. The molecule has 1 unspecified atom stereocenters. The van der Waals surface area contributed by atoms with Crippen LogP contribution in [0.4, 0.5) is 0 Å². The molecule has 0 aromatic heterocycles. The van der Waals surface area contributed by atoms with Crippen LogP contribution >= 0.6 is 0 Å². The standard InChI is InChI=1S/C8H16N2O2/c1-3-4-10(5-6-11)7(2)8(9)12/h3,7,11H,1,4-6H2,2H3,(H2,9,12). The first-order valence-electron chi connectivity index (χ1n) is 3.88. The number of hydrogen-bond donors (Lipinski definition) is 2. The van der Waals surface area contributed by atoms with Gasteiger partial charge in [0.2, 0.25) is 5.91 Å². The predicted molar refractivity (Wildman–Crippen MR) is 47.5 cm³/mol. The molecule has 70 valence electrons. The second-order valence-electron chi connectivity index (χ2n) is 2.59. The highest BCUT2D eigenvalue weighted by Gasteiger charge is 2.16. The minimum absolute atomic E-state index is 0.0193. The van der Waals surface area contributed by atoms with Gasteiger partial charge in [-0.3, -0.25) is 9.69 Å². The van der Waals surface area contributed by atoms with Crippen LogP contribution in [-0.4, -0.2) is 41.7 Å². The van der Waals surface area contributed by atoms with Crippen molar-refractivity contribution in [3.05, 3.63) is 12.7 Å². The van der Waals surface area contributed by atoms with Crippen LogP contribution in [0.5, 0.6) is 0 Å². The van der Waals surface area contributed by atoms with Gasteiger partial charge < -0.3 is 10.8 Å². The van der Waals surface area contributed by atoms with Crippen molar-refractivity contribution in [3.8, 4) is 0 Å². The number of aliphatic hydroxyl groups is 1. The highest BCUT2D eigenvalue weighted by molar-refractivity contribution is 5.79. The van der Waals surface area contributed by atoms with Crippen LogP contribution in [0.15, 0.2) is 12.7 Å². The van der Waals surface area contributed by atoms with Crippen molar-refractivity contribution in [1.82, 2.24) is 4.90 Å². The molecule has 0 aromatic carbocycles. The first-order chi connectivity index (χ1) is 5.63. The molecule has 1 amide bonds. The van der Waals surface area contributed by atoms with Gasteiger partial charge in [-0.15, -0.1) is 6.58 Å². The van der Waals surface area contributed by atoms with Crippen molar-refractivity contribution in [2.24, 2.45) is 5.73 Å². The molecule has 0 saturated heterocycles. The number of carbonyl (C=O) groups is 1. The summed E-state index contributed by atoms with van der Waals surface area (Å²) in [5.41, 5.74) is 5.10. The average Bonchev–Trinajstić information content (AvgIpc) is 2.03. The fourth-order valence-corrected chi connectivity index (χ4v) is 0.917. The predicted octanol–water partition coefficient (Wildman–Crippen LogP) is -0.659. The first kappa shape index (κ1) is 11.1. The smallest absolute Gasteiger partial charge is 0.234 e. The summed E-state index contributed by atoms with van der Waals surface area (Å²) in [5, 5.41) is 8.67. The van der Waals surface area contributed by atoms with Gasteiger partial charge in [-0.25, -0.2) is 0 Å². The molecule has 12 heavy (non-hydrogen) atoms. The fraction of sp³-hybridized carbons (Fsp3) is 0.625. The summed E-state index contributed by atoms with van der Waals surface area (Å²) in [6.45, 7) is 6.28. The molecule has 3 N–H and O–H groups in total. The molecule has 0 bridgehead atoms. The van der Waals surface area contributed by atoms with E-state index in [1.807, 2.05) is 0 Å². The molecule has 0 saturated carbocycles. The van der Waals surface area contributed by atoms with Crippen molar-refractivity contribution >= 4 is 5.91 Å². The molecular weight excluding hydrogens is 156 g/mol. The summed E-state index contributed by atoms with van der Waals surface area (Å²) >= 11 is 0. The Hall–Kier alpha value is -0.870. The van der Waals surface area contributed by atoms with Gasteiger partial charge in [0.15, 0.2) is 0 Å². The SMILES string of the molecule is C=CCN(CCO)C(C)C(N)=O. The Morgan fingerprint density at radius 1 is 1.83 bits per heavy atom. The van der Waals surface area contributed by atoms with E-state index in [0.717, 1.165) is 0 Å². The highest BCUT2D eigenvalue weighted by Crippen LogP contribution is 1.97. The molecular formula is C8H16N2O2. The maximum Gasteiger partial charge on any atom is 0.234 e. The van der Waals surface area contributed by atoms with Crippen LogP contribution < -0.4 is 5.73 Å². The molecule has 0 aliphatic rings. The molecule has 1 atom stereocenters. The minimum atomic E-state index is -0.384. The molecule has 0 fully saturated rings. The second-order valence-corrected chi connectivity index (χ2v) is 2.59. The van der Waals surface area contributed by atoms with Gasteiger partial charge in [-0.1, -0.05) is 6.08 Å². The Morgan fingerprint density at radius 2 is 2.42 bits per heavy atom. The number of nitrogens with zero attached hydrogens (tertiary/aromatic N) is 1. The Labute approximate surface area is 72.7 Å². The van der Waals surface area contributed by atoms with E-state index in [2.05, 4.69) is 6.58 Å². The Bertz CT molecular complexity index is 159. The van der Waals surface area contributed by atoms with Gasteiger partial charge in [0.05, 0.1) is 12.6 Å². The van der Waals surface area contributed by atoms with Gasteiger partial charge in [0.1, 0.15) is 0 Å². The zero-order chi connectivity index (χ0) is 9.56. The molecule has 0 radical (unpaired) electrons. The third-order valence-electron chi connectivity index (χ3n) is 1.71. The van der Waals surface area contributed by atoms with Gasteiger partial charge in [0, 0.05) is 13.1 Å². The highest BCUT2D eigenvalue weighted by atomic mass is 16.3. The maximum absolute atomic E-state index is 10.8. The summed E-state index contributed by atoms with van der Waals surface area (Å²) in [7, 11) is 0. The fourth-order valence-electron chi connectivity index (χ4n) is 0.917. The Balaban J connectivity index is 4.07. The number of amides is 1. The van der Waals surface area contributed by atoms with Gasteiger partial charge in [0.25, 0.3) is 0 Å². The van der Waals surface area contributed by atoms with Crippen LogP contribution in [0.3, 0.4) is 0 Å². The maximum atomic E-state index is 10.8. The van der Waals surface area contributed by atoms with E-state index in [1.54, 1.807) is 17.9 Å². The summed E-state index contributed by atoms with van der Waals surface area (Å²) in [6.07, 6.45) is 1.68. The number of aliphatic hydroxyl groups excluding tert-OH is 1. The largest absolute Gasteiger partial charge is 0.395 e. The van der Waals surface area contributed by atoms with E-state index in [0.29, 0.717) is 13.1 Å². The summed E-state index contributed by atoms with van der Waals surface area (Å²) in [4.78, 5) is 12.5. The lowest BCUT2D eigenvalue weighted by Gasteiger charge is -2.24. The molecule has 4 heteroatoms. The third-order valence-corrected chi connectivity index (χ3v) is 1.71. The van der Waals surface area contributed by atoms with Crippen molar-refractivity contribution < 1.29 is 9.90 Å². The quantitative estimate of drug-likeness (QED) is 0.523. The number of rotatable bonds is 6. The lowest BCUT2D eigenvalue weighted by molar-refractivity contribution is -0.122. The van der Waals surface area contributed by atoms with Crippen molar-refractivity contribution in [2.45, 2.75) is 13.0 Å². The zero-order valence-electron chi connectivity index (χ0n) is 7.36. The van der Waals surface area contributed by atoms with Crippen LogP contribution in [0.2, 0.25) is 0 Å². The van der Waals surface area contributed by atoms with Crippen LogP contribution in [0.25, 0.3) is 0 Å². The van der Waals surface area contributed by atoms with Crippen LogP contribution in [0, 0.1) is 0 Å². The Morgan fingerprint density at radius 3 is 2.75 bits per heavy atom. The molecule has 0 spiro atoms. The summed E-state index contributed by atoms with van der Waals surface area (Å²) in [6, 6.07) is -0.352. The van der Waals surface area contributed by atoms with Gasteiger partial charge in [-0.05, 0) is 6.92 Å². The van der Waals surface area contributed by atoms with Crippen molar-refractivity contribution in [3.63, 3.8) is 0 Å². The second kappa shape index (κ2) is 5.74. The lowest BCUT2D eigenvalue weighted by atomic mass is 10.2. The van der Waals surface area contributed by atoms with E-state index in [9.17, 15) is 4.79 Å². The summed E-state index contributed by atoms with van der Waals surface area (Å²) in [5.74, 6) is -0.384. The number of hydrogen-bond acceptors (Lipinski definition) is 3. The van der Waals surface area contributed by atoms with E-state index >= 15 is 0 Å². The van der Waals surface area contributed by atoms with Crippen molar-refractivity contribution in [1.29, 1.82) is 0 Å². The molecule has 4 nitrogen and oxygen atoms in total. The van der Waals surface area contributed by atoms with Gasteiger partial charge in [-0.2, -0.15) is 0 Å². The van der Waals surface area contributed by atoms with E-state index in [4.69, 9.17) is 10.8 Å². The number of primary amides is 1. The van der Waals surface area contributed by atoms with Crippen LogP contribution in [-0.2, 0) is 4.79 Å². The van der Waals surface area contributed by atoms with Crippen molar-refractivity contribution in [2.75, 3.05) is 19.7 Å². The van der Waals surface area contributed by atoms with E-state index < -0.39 is 0 Å². The first-order valence-corrected chi connectivity index (χ1v) is 3.88. The molecule has 0 aliphatic carbocycles. The minimum Gasteiger partial charge on any atom is -0.395 e. The van der Waals surface area contributed by atoms with Crippen LogP contribution in [0.1, 0.15) is 6.92 Å². The number of nitrogens with two attached hydrogens (primary N) is 1. The van der Waals surface area contributed by atoms with E-state index in [-0.39, 0.29) is 18.6 Å². The normalized spacial score (nSPS) is 12.9. The molecule has 0 aromatic rings. The molecule has 0 rings (SSSR count). The van der Waals surface area contributed by atoms with E-state index in [1.165, 1.54) is 0 Å². The molecule has 0 aliphatic heterocycles. The topological polar surface area (TPSA) is 66.6 Å².